The highest BCUT2D eigenvalue weighted by Crippen LogP contribution is 2.14. The van der Waals surface area contributed by atoms with Crippen molar-refractivity contribution in [3.8, 4) is 0 Å². The minimum Gasteiger partial charge on any atom is -0.389 e. The van der Waals surface area contributed by atoms with Gasteiger partial charge in [0, 0.05) is 38.6 Å². The molecule has 1 aliphatic heterocycles. The number of aliphatic hydroxyl groups is 1. The number of nitrogens with zero attached hydrogens (tertiary/aromatic N) is 2. The summed E-state index contributed by atoms with van der Waals surface area (Å²) in [4.78, 5) is 2.09. The number of hydrogen-bond donors (Lipinski definition) is 1. The number of sulfonamides is 1. The van der Waals surface area contributed by atoms with Crippen molar-refractivity contribution < 1.29 is 13.5 Å². The largest absolute Gasteiger partial charge is 0.389 e. The van der Waals surface area contributed by atoms with Gasteiger partial charge in [0.15, 0.2) is 0 Å². The van der Waals surface area contributed by atoms with Crippen LogP contribution < -0.4 is 0 Å². The van der Waals surface area contributed by atoms with Gasteiger partial charge >= 0.3 is 0 Å². The Kier molecular flexibility index (Phi) is 6.07. The Bertz CT molecular complexity index is 373. The zero-order chi connectivity index (χ0) is 14.7. The lowest BCUT2D eigenvalue weighted by molar-refractivity contribution is 0.0263. The number of hydrogen-bond acceptors (Lipinski definition) is 4. The summed E-state index contributed by atoms with van der Waals surface area (Å²) < 4.78 is 25.8. The Morgan fingerprint density at radius 1 is 1.26 bits per heavy atom. The van der Waals surface area contributed by atoms with Crippen molar-refractivity contribution in [3.63, 3.8) is 0 Å². The van der Waals surface area contributed by atoms with Crippen molar-refractivity contribution >= 4 is 21.6 Å². The molecule has 0 aromatic rings. The van der Waals surface area contributed by atoms with Crippen molar-refractivity contribution in [1.82, 2.24) is 9.21 Å². The standard InChI is InChI=1S/C12H25ClN2O3S/c1-11(8-13)9-19(17,18)15-6-4-14(5-7-15)10-12(2,3)16/h11,16H,4-10H2,1-3H3. The molecule has 0 saturated carbocycles. The van der Waals surface area contributed by atoms with Gasteiger partial charge in [-0.2, -0.15) is 4.31 Å². The summed E-state index contributed by atoms with van der Waals surface area (Å²) in [7, 11) is -3.20. The van der Waals surface area contributed by atoms with Crippen molar-refractivity contribution in [3.05, 3.63) is 0 Å². The minimum atomic E-state index is -3.20. The van der Waals surface area contributed by atoms with E-state index in [1.165, 1.54) is 4.31 Å². The van der Waals surface area contributed by atoms with E-state index in [-0.39, 0.29) is 11.7 Å². The summed E-state index contributed by atoms with van der Waals surface area (Å²) in [5.41, 5.74) is -0.742. The third-order valence-electron chi connectivity index (χ3n) is 3.09. The maximum Gasteiger partial charge on any atom is 0.214 e. The molecule has 1 atom stereocenters. The second kappa shape index (κ2) is 6.72. The van der Waals surface area contributed by atoms with Crippen molar-refractivity contribution in [2.24, 2.45) is 5.92 Å². The van der Waals surface area contributed by atoms with Crippen LogP contribution in [-0.4, -0.2) is 72.7 Å². The van der Waals surface area contributed by atoms with Crippen molar-refractivity contribution in [1.29, 1.82) is 0 Å². The van der Waals surface area contributed by atoms with Gasteiger partial charge in [0.2, 0.25) is 10.0 Å². The molecule has 5 nitrogen and oxygen atoms in total. The van der Waals surface area contributed by atoms with Gasteiger partial charge in [0.25, 0.3) is 0 Å². The summed E-state index contributed by atoms with van der Waals surface area (Å²) in [6.07, 6.45) is 0. The summed E-state index contributed by atoms with van der Waals surface area (Å²) >= 11 is 5.67. The molecule has 0 aromatic carbocycles. The van der Waals surface area contributed by atoms with E-state index in [0.29, 0.717) is 38.6 Å². The molecule has 0 aliphatic carbocycles. The highest BCUT2D eigenvalue weighted by molar-refractivity contribution is 7.89. The molecule has 7 heteroatoms. The molecule has 0 aromatic heterocycles. The van der Waals surface area contributed by atoms with E-state index in [2.05, 4.69) is 4.90 Å². The average Bonchev–Trinajstić information content (AvgIpc) is 2.26. The minimum absolute atomic E-state index is 0.0268. The van der Waals surface area contributed by atoms with Crippen LogP contribution in [0.5, 0.6) is 0 Å². The zero-order valence-electron chi connectivity index (χ0n) is 12.0. The van der Waals surface area contributed by atoms with Crippen LogP contribution in [-0.2, 0) is 10.0 Å². The smallest absolute Gasteiger partial charge is 0.214 e. The van der Waals surface area contributed by atoms with E-state index in [1.54, 1.807) is 13.8 Å². The van der Waals surface area contributed by atoms with Crippen LogP contribution >= 0.6 is 11.6 Å². The first-order valence-corrected chi connectivity index (χ1v) is 8.77. The van der Waals surface area contributed by atoms with Gasteiger partial charge in [-0.15, -0.1) is 11.6 Å². The third-order valence-corrected chi connectivity index (χ3v) is 5.76. The highest BCUT2D eigenvalue weighted by Gasteiger charge is 2.29. The van der Waals surface area contributed by atoms with E-state index >= 15 is 0 Å². The molecule has 114 valence electrons. The van der Waals surface area contributed by atoms with Crippen molar-refractivity contribution in [2.45, 2.75) is 26.4 Å². The molecule has 0 radical (unpaired) electrons. The second-order valence-corrected chi connectivity index (χ2v) is 8.35. The van der Waals surface area contributed by atoms with Gasteiger partial charge in [-0.3, -0.25) is 4.90 Å². The van der Waals surface area contributed by atoms with E-state index < -0.39 is 15.6 Å². The quantitative estimate of drug-likeness (QED) is 0.729. The van der Waals surface area contributed by atoms with Crippen LogP contribution in [0.2, 0.25) is 0 Å². The summed E-state index contributed by atoms with van der Waals surface area (Å²) in [5, 5.41) is 9.76. The Morgan fingerprint density at radius 2 is 1.79 bits per heavy atom. The Balaban J connectivity index is 2.49. The molecular formula is C12H25ClN2O3S. The zero-order valence-corrected chi connectivity index (χ0v) is 13.5. The average molecular weight is 313 g/mol. The third kappa shape index (κ3) is 5.95. The lowest BCUT2D eigenvalue weighted by atomic mass is 10.1. The molecule has 1 rings (SSSR count). The van der Waals surface area contributed by atoms with Gasteiger partial charge in [0.05, 0.1) is 11.4 Å². The molecule has 0 bridgehead atoms. The monoisotopic (exact) mass is 312 g/mol. The first-order chi connectivity index (χ1) is 8.64. The summed E-state index contributed by atoms with van der Waals surface area (Å²) in [6, 6.07) is 0. The van der Waals surface area contributed by atoms with Crippen LogP contribution in [0.1, 0.15) is 20.8 Å². The molecule has 19 heavy (non-hydrogen) atoms. The van der Waals surface area contributed by atoms with E-state index in [0.717, 1.165) is 0 Å². The first-order valence-electron chi connectivity index (χ1n) is 6.62. The van der Waals surface area contributed by atoms with Gasteiger partial charge in [0.1, 0.15) is 0 Å². The molecule has 1 fully saturated rings. The SMILES string of the molecule is CC(CCl)CS(=O)(=O)N1CCN(CC(C)(C)O)CC1. The van der Waals surface area contributed by atoms with Crippen LogP contribution in [0, 0.1) is 5.92 Å². The molecule has 1 heterocycles. The van der Waals surface area contributed by atoms with Gasteiger partial charge in [-0.05, 0) is 19.8 Å². The molecule has 0 spiro atoms. The predicted octanol–water partition coefficient (Wildman–Crippen LogP) is 0.580. The maximum absolute atomic E-state index is 12.1. The lowest BCUT2D eigenvalue weighted by Gasteiger charge is -2.36. The number of piperazine rings is 1. The van der Waals surface area contributed by atoms with E-state index in [4.69, 9.17) is 11.6 Å². The number of β-amino-alcohol motifs (C(OH)–C–C–N with tert-alkyl or cyclic N) is 1. The Hall–Kier alpha value is 0.120. The first kappa shape index (κ1) is 17.2. The van der Waals surface area contributed by atoms with Crippen LogP contribution in [0.25, 0.3) is 0 Å². The fraction of sp³-hybridized carbons (Fsp3) is 1.00. The number of alkyl halides is 1. The van der Waals surface area contributed by atoms with E-state index in [9.17, 15) is 13.5 Å². The fourth-order valence-electron chi connectivity index (χ4n) is 2.22. The van der Waals surface area contributed by atoms with Gasteiger partial charge in [-0.1, -0.05) is 6.92 Å². The molecular weight excluding hydrogens is 288 g/mol. The van der Waals surface area contributed by atoms with Crippen LogP contribution in [0.3, 0.4) is 0 Å². The van der Waals surface area contributed by atoms with E-state index in [1.807, 2.05) is 6.92 Å². The molecule has 0 amide bonds. The molecule has 1 N–H and O–H groups in total. The van der Waals surface area contributed by atoms with Crippen LogP contribution in [0.15, 0.2) is 0 Å². The Labute approximate surface area is 121 Å². The van der Waals surface area contributed by atoms with Crippen LogP contribution in [0.4, 0.5) is 0 Å². The fourth-order valence-corrected chi connectivity index (χ4v) is 4.23. The molecule has 1 saturated heterocycles. The number of rotatable bonds is 6. The summed E-state index contributed by atoms with van der Waals surface area (Å²) in [6.45, 7) is 8.25. The Morgan fingerprint density at radius 3 is 2.21 bits per heavy atom. The second-order valence-electron chi connectivity index (χ2n) is 6.03. The topological polar surface area (TPSA) is 60.9 Å². The van der Waals surface area contributed by atoms with Gasteiger partial charge < -0.3 is 5.11 Å². The normalized spacial score (nSPS) is 21.5. The van der Waals surface area contributed by atoms with Gasteiger partial charge in [-0.25, -0.2) is 8.42 Å². The lowest BCUT2D eigenvalue weighted by Crippen LogP contribution is -2.52. The number of halogens is 1. The molecule has 1 unspecified atom stereocenters. The van der Waals surface area contributed by atoms with Crippen molar-refractivity contribution in [2.75, 3.05) is 44.4 Å². The highest BCUT2D eigenvalue weighted by atomic mass is 35.5. The summed E-state index contributed by atoms with van der Waals surface area (Å²) in [5.74, 6) is 0.445. The predicted molar refractivity (Wildman–Crippen MR) is 78.0 cm³/mol. The maximum atomic E-state index is 12.1. The molecule has 1 aliphatic rings.